The predicted molar refractivity (Wildman–Crippen MR) is 126 cm³/mol. The highest BCUT2D eigenvalue weighted by Gasteiger charge is 2.21. The van der Waals surface area contributed by atoms with E-state index in [1.54, 1.807) is 29.4 Å². The first-order valence-electron chi connectivity index (χ1n) is 10.4. The zero-order valence-electron chi connectivity index (χ0n) is 17.8. The molecule has 164 valence electrons. The molecule has 0 unspecified atom stereocenters. The fourth-order valence-corrected chi connectivity index (χ4v) is 4.86. The Morgan fingerprint density at radius 1 is 1.25 bits per heavy atom. The van der Waals surface area contributed by atoms with E-state index in [1.165, 1.54) is 15.9 Å². The number of para-hydroxylation sites is 2. The lowest BCUT2D eigenvalue weighted by Gasteiger charge is -2.34. The van der Waals surface area contributed by atoms with Crippen molar-refractivity contribution in [2.75, 3.05) is 29.9 Å². The number of rotatable bonds is 4. The number of imidazole rings is 1. The second-order valence-corrected chi connectivity index (χ2v) is 8.67. The van der Waals surface area contributed by atoms with Crippen LogP contribution >= 0.6 is 11.3 Å². The molecule has 4 aromatic rings. The van der Waals surface area contributed by atoms with Crippen LogP contribution in [0.3, 0.4) is 0 Å². The number of carbonyl (C=O) groups is 1. The van der Waals surface area contributed by atoms with E-state index in [0.29, 0.717) is 16.9 Å². The number of aromatic nitrogens is 4. The molecule has 0 saturated carbocycles. The second kappa shape index (κ2) is 8.21. The summed E-state index contributed by atoms with van der Waals surface area (Å²) in [5, 5.41) is 8.50. The number of aryl methyl sites for hydroxylation is 1. The standard InChI is InChI=1S/C22H23N7O2S/c1-14-12-28(10-9-24-14)17-7-8-23-11-15(17)25-20(30)16-13-32-21(26-16)29-19-6-4-3-5-18(19)27(2)22(29)31/h3-8,11,13-14,24H,9-10,12H2,1-2H3,(H,25,30)/t14-/m0/s1. The third-order valence-corrected chi connectivity index (χ3v) is 6.46. The number of benzene rings is 1. The number of nitrogens with one attached hydrogen (secondary N) is 2. The van der Waals surface area contributed by atoms with Gasteiger partial charge in [-0.05, 0) is 25.1 Å². The van der Waals surface area contributed by atoms with Crippen LogP contribution in [0.25, 0.3) is 16.2 Å². The Kier molecular flexibility index (Phi) is 5.24. The van der Waals surface area contributed by atoms with E-state index in [0.717, 1.165) is 36.4 Å². The molecular weight excluding hydrogens is 426 g/mol. The van der Waals surface area contributed by atoms with Crippen LogP contribution in [-0.2, 0) is 7.05 Å². The Balaban J connectivity index is 1.43. The summed E-state index contributed by atoms with van der Waals surface area (Å²) in [7, 11) is 1.73. The predicted octanol–water partition coefficient (Wildman–Crippen LogP) is 2.23. The minimum atomic E-state index is -0.335. The normalized spacial score (nSPS) is 16.4. The number of hydrogen-bond acceptors (Lipinski definition) is 7. The topological polar surface area (TPSA) is 97.1 Å². The van der Waals surface area contributed by atoms with Gasteiger partial charge in [-0.25, -0.2) is 14.3 Å². The Morgan fingerprint density at radius 2 is 2.06 bits per heavy atom. The van der Waals surface area contributed by atoms with Crippen LogP contribution in [0, 0.1) is 0 Å². The monoisotopic (exact) mass is 449 g/mol. The van der Waals surface area contributed by atoms with Crippen molar-refractivity contribution >= 4 is 39.7 Å². The molecule has 1 aromatic carbocycles. The molecule has 3 aromatic heterocycles. The number of piperazine rings is 1. The highest BCUT2D eigenvalue weighted by Crippen LogP contribution is 2.27. The molecule has 0 spiro atoms. The van der Waals surface area contributed by atoms with Crippen LogP contribution < -0.4 is 21.2 Å². The molecule has 5 rings (SSSR count). The maximum atomic E-state index is 13.0. The van der Waals surface area contributed by atoms with Gasteiger partial charge in [0.15, 0.2) is 5.13 Å². The number of anilines is 2. The number of fused-ring (bicyclic) bond motifs is 1. The maximum Gasteiger partial charge on any atom is 0.335 e. The van der Waals surface area contributed by atoms with Crippen molar-refractivity contribution in [1.82, 2.24) is 24.4 Å². The van der Waals surface area contributed by atoms with E-state index in [1.807, 2.05) is 30.3 Å². The summed E-state index contributed by atoms with van der Waals surface area (Å²) < 4.78 is 3.11. The Bertz CT molecular complexity index is 1360. The van der Waals surface area contributed by atoms with Crippen LogP contribution in [0.15, 0.2) is 52.9 Å². The first-order valence-corrected chi connectivity index (χ1v) is 11.3. The highest BCUT2D eigenvalue weighted by atomic mass is 32.1. The number of nitrogens with zero attached hydrogens (tertiary/aromatic N) is 5. The smallest absolute Gasteiger partial charge is 0.335 e. The molecule has 1 atom stereocenters. The molecule has 0 bridgehead atoms. The quantitative estimate of drug-likeness (QED) is 0.496. The van der Waals surface area contributed by atoms with Crippen LogP contribution in [-0.4, -0.2) is 50.7 Å². The fourth-order valence-electron chi connectivity index (χ4n) is 4.05. The van der Waals surface area contributed by atoms with Crippen molar-refractivity contribution in [3.05, 3.63) is 64.3 Å². The van der Waals surface area contributed by atoms with E-state index in [9.17, 15) is 9.59 Å². The summed E-state index contributed by atoms with van der Waals surface area (Å²) in [6.45, 7) is 4.71. The summed E-state index contributed by atoms with van der Waals surface area (Å²) in [5.74, 6) is -0.335. The van der Waals surface area contributed by atoms with Crippen molar-refractivity contribution in [3.8, 4) is 5.13 Å². The first kappa shape index (κ1) is 20.4. The van der Waals surface area contributed by atoms with Gasteiger partial charge in [0.05, 0.1) is 28.6 Å². The molecule has 9 nitrogen and oxygen atoms in total. The minimum absolute atomic E-state index is 0.199. The van der Waals surface area contributed by atoms with E-state index >= 15 is 0 Å². The second-order valence-electron chi connectivity index (χ2n) is 7.83. The van der Waals surface area contributed by atoms with Crippen LogP contribution in [0.1, 0.15) is 17.4 Å². The van der Waals surface area contributed by atoms with Gasteiger partial charge in [-0.3, -0.25) is 14.3 Å². The van der Waals surface area contributed by atoms with Gasteiger partial charge in [-0.15, -0.1) is 11.3 Å². The van der Waals surface area contributed by atoms with Gasteiger partial charge >= 0.3 is 5.69 Å². The van der Waals surface area contributed by atoms with E-state index in [-0.39, 0.29) is 17.3 Å². The SMILES string of the molecule is C[C@H]1CN(c2ccncc2NC(=O)c2csc(-n3c(=O)n(C)c4ccccc43)n2)CCN1. The lowest BCUT2D eigenvalue weighted by molar-refractivity contribution is 0.102. The summed E-state index contributed by atoms with van der Waals surface area (Å²) in [4.78, 5) is 36.7. The van der Waals surface area contributed by atoms with Crippen molar-refractivity contribution in [2.24, 2.45) is 7.05 Å². The van der Waals surface area contributed by atoms with E-state index in [2.05, 4.69) is 32.4 Å². The first-order chi connectivity index (χ1) is 15.5. The lowest BCUT2D eigenvalue weighted by Crippen LogP contribution is -2.49. The molecular formula is C22H23N7O2S. The molecule has 0 radical (unpaired) electrons. The zero-order valence-corrected chi connectivity index (χ0v) is 18.6. The zero-order chi connectivity index (χ0) is 22.2. The largest absolute Gasteiger partial charge is 0.367 e. The molecule has 32 heavy (non-hydrogen) atoms. The van der Waals surface area contributed by atoms with Crippen LogP contribution in [0.5, 0.6) is 0 Å². The third kappa shape index (κ3) is 3.57. The van der Waals surface area contributed by atoms with Crippen LogP contribution in [0.2, 0.25) is 0 Å². The Hall–Kier alpha value is -3.50. The molecule has 1 aliphatic rings. The molecule has 1 fully saturated rings. The molecule has 1 saturated heterocycles. The minimum Gasteiger partial charge on any atom is -0.367 e. The summed E-state index contributed by atoms with van der Waals surface area (Å²) in [6.07, 6.45) is 3.38. The Morgan fingerprint density at radius 3 is 2.88 bits per heavy atom. The average Bonchev–Trinajstić information content (AvgIpc) is 3.38. The number of amides is 1. The Labute approximate surface area is 188 Å². The lowest BCUT2D eigenvalue weighted by atomic mass is 10.2. The highest BCUT2D eigenvalue weighted by molar-refractivity contribution is 7.12. The fraction of sp³-hybridized carbons (Fsp3) is 0.273. The molecule has 10 heteroatoms. The van der Waals surface area contributed by atoms with Crippen molar-refractivity contribution in [2.45, 2.75) is 13.0 Å². The van der Waals surface area contributed by atoms with Gasteiger partial charge < -0.3 is 15.5 Å². The third-order valence-electron chi connectivity index (χ3n) is 5.63. The molecule has 1 aliphatic heterocycles. The number of carbonyl (C=O) groups excluding carboxylic acids is 1. The molecule has 0 aliphatic carbocycles. The number of thiazole rings is 1. The van der Waals surface area contributed by atoms with Crippen molar-refractivity contribution in [1.29, 1.82) is 0 Å². The van der Waals surface area contributed by atoms with Gasteiger partial charge in [0, 0.05) is 44.3 Å². The summed E-state index contributed by atoms with van der Waals surface area (Å²) in [5.41, 5.74) is 3.20. The van der Waals surface area contributed by atoms with Gasteiger partial charge in [-0.2, -0.15) is 0 Å². The number of pyridine rings is 1. The molecule has 2 N–H and O–H groups in total. The van der Waals surface area contributed by atoms with Gasteiger partial charge in [0.1, 0.15) is 5.69 Å². The van der Waals surface area contributed by atoms with Crippen molar-refractivity contribution < 1.29 is 4.79 Å². The summed E-state index contributed by atoms with van der Waals surface area (Å²) >= 11 is 1.26. The molecule has 4 heterocycles. The summed E-state index contributed by atoms with van der Waals surface area (Å²) in [6, 6.07) is 9.79. The van der Waals surface area contributed by atoms with Crippen molar-refractivity contribution in [3.63, 3.8) is 0 Å². The average molecular weight is 450 g/mol. The maximum absolute atomic E-state index is 13.0. The van der Waals surface area contributed by atoms with E-state index < -0.39 is 0 Å². The van der Waals surface area contributed by atoms with Gasteiger partial charge in [0.2, 0.25) is 0 Å². The van der Waals surface area contributed by atoms with E-state index in [4.69, 9.17) is 0 Å². The van der Waals surface area contributed by atoms with Crippen LogP contribution in [0.4, 0.5) is 11.4 Å². The van der Waals surface area contributed by atoms with Gasteiger partial charge in [-0.1, -0.05) is 12.1 Å². The molecule has 1 amide bonds. The van der Waals surface area contributed by atoms with Gasteiger partial charge in [0.25, 0.3) is 5.91 Å². The number of hydrogen-bond donors (Lipinski definition) is 2.